The Morgan fingerprint density at radius 1 is 1.05 bits per heavy atom. The number of nitrogens with zero attached hydrogens (tertiary/aromatic N) is 1. The molecule has 1 amide bonds. The Kier molecular flexibility index (Phi) is 6.37. The van der Waals surface area contributed by atoms with Gasteiger partial charge in [-0.05, 0) is 52.7 Å². The highest BCUT2D eigenvalue weighted by Crippen LogP contribution is 2.35. The van der Waals surface area contributed by atoms with Crippen molar-refractivity contribution in [3.05, 3.63) is 29.8 Å². The Balaban J connectivity index is 2.21. The second kappa shape index (κ2) is 8.05. The van der Waals surface area contributed by atoms with E-state index in [1.165, 1.54) is 32.1 Å². The molecule has 0 N–H and O–H groups in total. The summed E-state index contributed by atoms with van der Waals surface area (Å²) in [6.07, 6.45) is 6.60. The van der Waals surface area contributed by atoms with E-state index in [-0.39, 0.29) is 18.0 Å². The monoisotopic (exact) mass is 319 g/mol. The molecule has 0 aliphatic heterocycles. The van der Waals surface area contributed by atoms with Crippen molar-refractivity contribution in [1.82, 2.24) is 4.90 Å². The van der Waals surface area contributed by atoms with E-state index in [9.17, 15) is 4.79 Å². The molecule has 0 radical (unpaired) electrons. The first-order chi connectivity index (χ1) is 10.5. The Morgan fingerprint density at radius 2 is 1.64 bits per heavy atom. The van der Waals surface area contributed by atoms with Crippen LogP contribution in [-0.4, -0.2) is 28.1 Å². The highest BCUT2D eigenvalue weighted by atomic mass is 32.2. The van der Waals surface area contributed by atoms with Crippen LogP contribution in [0.15, 0.2) is 29.2 Å². The van der Waals surface area contributed by atoms with Crippen LogP contribution in [0.25, 0.3) is 0 Å². The van der Waals surface area contributed by atoms with Crippen molar-refractivity contribution in [2.24, 2.45) is 0 Å². The van der Waals surface area contributed by atoms with Crippen LogP contribution in [0.1, 0.15) is 70.2 Å². The van der Waals surface area contributed by atoms with Crippen molar-refractivity contribution in [3.8, 4) is 0 Å². The summed E-state index contributed by atoms with van der Waals surface area (Å²) in [4.78, 5) is 16.1. The van der Waals surface area contributed by atoms with Gasteiger partial charge in [-0.3, -0.25) is 4.79 Å². The van der Waals surface area contributed by atoms with Crippen LogP contribution < -0.4 is 0 Å². The number of carbonyl (C=O) groups excluding carboxylic acids is 1. The first kappa shape index (κ1) is 17.4. The number of hydrogen-bond donors (Lipinski definition) is 0. The fourth-order valence-corrected chi connectivity index (χ4v) is 4.68. The predicted octanol–water partition coefficient (Wildman–Crippen LogP) is 5.37. The van der Waals surface area contributed by atoms with E-state index in [4.69, 9.17) is 0 Å². The van der Waals surface area contributed by atoms with Gasteiger partial charge in [-0.15, -0.1) is 11.8 Å². The molecule has 122 valence electrons. The van der Waals surface area contributed by atoms with Crippen LogP contribution in [-0.2, 0) is 0 Å². The second-order valence-corrected chi connectivity index (χ2v) is 8.12. The summed E-state index contributed by atoms with van der Waals surface area (Å²) in [6, 6.07) is 8.59. The van der Waals surface area contributed by atoms with E-state index in [2.05, 4.69) is 39.8 Å². The zero-order chi connectivity index (χ0) is 16.1. The van der Waals surface area contributed by atoms with Crippen molar-refractivity contribution in [2.75, 3.05) is 0 Å². The largest absolute Gasteiger partial charge is 0.334 e. The van der Waals surface area contributed by atoms with Gasteiger partial charge < -0.3 is 4.90 Å². The molecule has 1 aliphatic carbocycles. The fourth-order valence-electron chi connectivity index (χ4n) is 3.31. The Hall–Kier alpha value is -0.960. The van der Waals surface area contributed by atoms with E-state index >= 15 is 0 Å². The molecule has 1 aliphatic rings. The Bertz CT molecular complexity index is 484. The normalized spacial score (nSPS) is 16.3. The SMILES string of the molecule is CC(C)N(C(=O)c1ccccc1SC1CCCCC1)C(C)C. The summed E-state index contributed by atoms with van der Waals surface area (Å²) < 4.78 is 0. The molecule has 0 aromatic heterocycles. The van der Waals surface area contributed by atoms with Gasteiger partial charge in [0.2, 0.25) is 0 Å². The van der Waals surface area contributed by atoms with Gasteiger partial charge in [0.1, 0.15) is 0 Å². The summed E-state index contributed by atoms with van der Waals surface area (Å²) in [5.74, 6) is 0.170. The molecule has 0 atom stereocenters. The molecule has 0 saturated heterocycles. The zero-order valence-corrected chi connectivity index (χ0v) is 15.2. The molecule has 1 fully saturated rings. The highest BCUT2D eigenvalue weighted by Gasteiger charge is 2.25. The molecule has 2 rings (SSSR count). The molecule has 3 heteroatoms. The highest BCUT2D eigenvalue weighted by molar-refractivity contribution is 8.00. The number of hydrogen-bond acceptors (Lipinski definition) is 2. The lowest BCUT2D eigenvalue weighted by Gasteiger charge is -2.32. The maximum atomic E-state index is 13.0. The van der Waals surface area contributed by atoms with Gasteiger partial charge in [0.15, 0.2) is 0 Å². The van der Waals surface area contributed by atoms with Crippen LogP contribution in [0.2, 0.25) is 0 Å². The summed E-state index contributed by atoms with van der Waals surface area (Å²) in [7, 11) is 0. The van der Waals surface area contributed by atoms with Crippen LogP contribution >= 0.6 is 11.8 Å². The van der Waals surface area contributed by atoms with Crippen LogP contribution in [0.3, 0.4) is 0 Å². The van der Waals surface area contributed by atoms with Gasteiger partial charge in [0.25, 0.3) is 5.91 Å². The number of carbonyl (C=O) groups is 1. The van der Waals surface area contributed by atoms with E-state index in [1.54, 1.807) is 0 Å². The third kappa shape index (κ3) is 4.28. The van der Waals surface area contributed by atoms with Crippen molar-refractivity contribution in [3.63, 3.8) is 0 Å². The van der Waals surface area contributed by atoms with Crippen LogP contribution in [0.5, 0.6) is 0 Å². The molecular formula is C19H29NOS. The van der Waals surface area contributed by atoms with Crippen molar-refractivity contribution < 1.29 is 4.79 Å². The van der Waals surface area contributed by atoms with Crippen molar-refractivity contribution in [2.45, 2.75) is 82.0 Å². The molecule has 0 heterocycles. The van der Waals surface area contributed by atoms with Crippen molar-refractivity contribution >= 4 is 17.7 Å². The molecule has 22 heavy (non-hydrogen) atoms. The molecule has 1 saturated carbocycles. The van der Waals surface area contributed by atoms with Gasteiger partial charge >= 0.3 is 0 Å². The molecular weight excluding hydrogens is 290 g/mol. The minimum absolute atomic E-state index is 0.170. The lowest BCUT2D eigenvalue weighted by atomic mass is 10.0. The van der Waals surface area contributed by atoms with E-state index in [0.717, 1.165) is 10.5 Å². The first-order valence-corrected chi connectivity index (χ1v) is 9.47. The minimum Gasteiger partial charge on any atom is -0.334 e. The molecule has 1 aromatic carbocycles. The number of benzene rings is 1. The van der Waals surface area contributed by atoms with Gasteiger partial charge in [-0.25, -0.2) is 0 Å². The maximum Gasteiger partial charge on any atom is 0.255 e. The van der Waals surface area contributed by atoms with Gasteiger partial charge in [-0.1, -0.05) is 31.4 Å². The molecule has 0 spiro atoms. The predicted molar refractivity (Wildman–Crippen MR) is 95.6 cm³/mol. The van der Waals surface area contributed by atoms with E-state index in [0.29, 0.717) is 5.25 Å². The lowest BCUT2D eigenvalue weighted by Crippen LogP contribution is -2.42. The number of rotatable bonds is 5. The second-order valence-electron chi connectivity index (χ2n) is 6.77. The molecule has 0 unspecified atom stereocenters. The summed E-state index contributed by atoms with van der Waals surface area (Å²) in [5, 5.41) is 0.675. The Morgan fingerprint density at radius 3 is 2.23 bits per heavy atom. The minimum atomic E-state index is 0.170. The van der Waals surface area contributed by atoms with Gasteiger partial charge in [-0.2, -0.15) is 0 Å². The first-order valence-electron chi connectivity index (χ1n) is 8.59. The van der Waals surface area contributed by atoms with Crippen LogP contribution in [0, 0.1) is 0 Å². The number of amides is 1. The fraction of sp³-hybridized carbons (Fsp3) is 0.632. The topological polar surface area (TPSA) is 20.3 Å². The molecule has 2 nitrogen and oxygen atoms in total. The smallest absolute Gasteiger partial charge is 0.255 e. The van der Waals surface area contributed by atoms with Crippen molar-refractivity contribution in [1.29, 1.82) is 0 Å². The standard InChI is InChI=1S/C19H29NOS/c1-14(2)20(15(3)4)19(21)17-12-8-9-13-18(17)22-16-10-6-5-7-11-16/h8-9,12-16H,5-7,10-11H2,1-4H3. The van der Waals surface area contributed by atoms with E-state index in [1.807, 2.05) is 28.8 Å². The summed E-state index contributed by atoms with van der Waals surface area (Å²) >= 11 is 1.91. The average molecular weight is 320 g/mol. The summed E-state index contributed by atoms with van der Waals surface area (Å²) in [6.45, 7) is 8.37. The number of thioether (sulfide) groups is 1. The van der Waals surface area contributed by atoms with Crippen LogP contribution in [0.4, 0.5) is 0 Å². The third-order valence-corrected chi connectivity index (χ3v) is 5.73. The zero-order valence-electron chi connectivity index (χ0n) is 14.3. The quantitative estimate of drug-likeness (QED) is 0.727. The lowest BCUT2D eigenvalue weighted by molar-refractivity contribution is 0.0640. The third-order valence-electron chi connectivity index (χ3n) is 4.31. The average Bonchev–Trinajstić information content (AvgIpc) is 2.48. The molecule has 1 aromatic rings. The van der Waals surface area contributed by atoms with Gasteiger partial charge in [0.05, 0.1) is 5.56 Å². The Labute approximate surface area is 139 Å². The maximum absolute atomic E-state index is 13.0. The summed E-state index contributed by atoms with van der Waals surface area (Å²) in [5.41, 5.74) is 0.875. The molecule has 0 bridgehead atoms. The van der Waals surface area contributed by atoms with Gasteiger partial charge in [0, 0.05) is 22.2 Å². The van der Waals surface area contributed by atoms with E-state index < -0.39 is 0 Å².